The number of nitrogens with zero attached hydrogens (tertiary/aromatic N) is 1. The third-order valence-corrected chi connectivity index (χ3v) is 4.74. The summed E-state index contributed by atoms with van der Waals surface area (Å²) in [5.74, 6) is -0.403. The van der Waals surface area contributed by atoms with Crippen LogP contribution in [0.4, 0.5) is 5.69 Å². The SMILES string of the molecule is Cc1cccc(Cn2cccc(C(=O)Nc3cccc4ccccc34)c2=O)c1. The van der Waals surface area contributed by atoms with Crippen molar-refractivity contribution in [2.24, 2.45) is 0 Å². The third-order valence-electron chi connectivity index (χ3n) is 4.74. The Labute approximate surface area is 163 Å². The van der Waals surface area contributed by atoms with Gasteiger partial charge in [0.1, 0.15) is 5.56 Å². The number of aryl methyl sites for hydroxylation is 1. The van der Waals surface area contributed by atoms with Crippen LogP contribution in [0.5, 0.6) is 0 Å². The van der Waals surface area contributed by atoms with Crippen LogP contribution in [-0.2, 0) is 6.54 Å². The molecule has 0 fully saturated rings. The number of hydrogen-bond donors (Lipinski definition) is 1. The quantitative estimate of drug-likeness (QED) is 0.572. The minimum absolute atomic E-state index is 0.128. The van der Waals surface area contributed by atoms with Gasteiger partial charge in [-0.05, 0) is 36.1 Å². The Bertz CT molecular complexity index is 1220. The lowest BCUT2D eigenvalue weighted by Crippen LogP contribution is -2.29. The van der Waals surface area contributed by atoms with Crippen LogP contribution in [0.1, 0.15) is 21.5 Å². The molecule has 4 heteroatoms. The topological polar surface area (TPSA) is 51.1 Å². The molecule has 4 rings (SSSR count). The van der Waals surface area contributed by atoms with Crippen LogP contribution in [0.15, 0.2) is 89.9 Å². The van der Waals surface area contributed by atoms with Crippen molar-refractivity contribution >= 4 is 22.4 Å². The number of benzene rings is 3. The van der Waals surface area contributed by atoms with E-state index in [1.54, 1.807) is 22.9 Å². The molecule has 0 aliphatic carbocycles. The van der Waals surface area contributed by atoms with Gasteiger partial charge in [-0.25, -0.2) is 0 Å². The van der Waals surface area contributed by atoms with Crippen molar-refractivity contribution in [2.45, 2.75) is 13.5 Å². The largest absolute Gasteiger partial charge is 0.321 e. The lowest BCUT2D eigenvalue weighted by molar-refractivity contribution is 0.102. The zero-order chi connectivity index (χ0) is 19.5. The predicted octanol–water partition coefficient (Wildman–Crippen LogP) is 4.61. The molecule has 1 heterocycles. The van der Waals surface area contributed by atoms with Crippen LogP contribution in [-0.4, -0.2) is 10.5 Å². The zero-order valence-corrected chi connectivity index (χ0v) is 15.6. The molecule has 0 spiro atoms. The van der Waals surface area contributed by atoms with Crippen molar-refractivity contribution in [1.82, 2.24) is 4.57 Å². The summed E-state index contributed by atoms with van der Waals surface area (Å²) in [6, 6.07) is 24.8. The number of carbonyl (C=O) groups excluding carboxylic acids is 1. The Hall–Kier alpha value is -3.66. The van der Waals surface area contributed by atoms with Gasteiger partial charge in [0, 0.05) is 17.3 Å². The smallest absolute Gasteiger partial charge is 0.263 e. The van der Waals surface area contributed by atoms with E-state index in [2.05, 4.69) is 5.32 Å². The Kier molecular flexibility index (Phi) is 4.77. The van der Waals surface area contributed by atoms with Gasteiger partial charge in [0.2, 0.25) is 0 Å². The zero-order valence-electron chi connectivity index (χ0n) is 15.6. The normalized spacial score (nSPS) is 10.8. The second-order valence-electron chi connectivity index (χ2n) is 6.82. The standard InChI is InChI=1S/C24H20N2O2/c1-17-7-4-8-18(15-17)16-26-14-6-12-21(24(26)28)23(27)25-22-13-5-10-19-9-2-3-11-20(19)22/h2-15H,16H2,1H3,(H,25,27). The third kappa shape index (κ3) is 3.58. The molecule has 1 amide bonds. The minimum atomic E-state index is -0.403. The molecule has 0 saturated carbocycles. The minimum Gasteiger partial charge on any atom is -0.321 e. The number of fused-ring (bicyclic) bond motifs is 1. The van der Waals surface area contributed by atoms with E-state index >= 15 is 0 Å². The van der Waals surface area contributed by atoms with E-state index in [0.717, 1.165) is 21.9 Å². The van der Waals surface area contributed by atoms with Gasteiger partial charge in [-0.1, -0.05) is 66.2 Å². The van der Waals surface area contributed by atoms with Crippen LogP contribution in [0.25, 0.3) is 10.8 Å². The molecular formula is C24H20N2O2. The highest BCUT2D eigenvalue weighted by Crippen LogP contribution is 2.23. The van der Waals surface area contributed by atoms with Gasteiger partial charge >= 0.3 is 0 Å². The van der Waals surface area contributed by atoms with E-state index in [-0.39, 0.29) is 11.1 Å². The monoisotopic (exact) mass is 368 g/mol. The summed E-state index contributed by atoms with van der Waals surface area (Å²) in [5, 5.41) is 4.86. The van der Waals surface area contributed by atoms with Gasteiger partial charge in [0.05, 0.1) is 6.54 Å². The van der Waals surface area contributed by atoms with Crippen LogP contribution in [0.2, 0.25) is 0 Å². The van der Waals surface area contributed by atoms with Crippen molar-refractivity contribution in [2.75, 3.05) is 5.32 Å². The fraction of sp³-hybridized carbons (Fsp3) is 0.0833. The number of aromatic nitrogens is 1. The summed E-state index contributed by atoms with van der Waals surface area (Å²) in [4.78, 5) is 25.7. The first kappa shape index (κ1) is 17.7. The summed E-state index contributed by atoms with van der Waals surface area (Å²) in [6.45, 7) is 2.44. The molecule has 4 aromatic rings. The van der Waals surface area contributed by atoms with Crippen molar-refractivity contribution in [1.29, 1.82) is 0 Å². The Morgan fingerprint density at radius 3 is 2.57 bits per heavy atom. The van der Waals surface area contributed by atoms with Gasteiger partial charge in [0.25, 0.3) is 11.5 Å². The second kappa shape index (κ2) is 7.53. The van der Waals surface area contributed by atoms with Gasteiger partial charge in [-0.15, -0.1) is 0 Å². The Balaban J connectivity index is 1.64. The highest BCUT2D eigenvalue weighted by Gasteiger charge is 2.14. The van der Waals surface area contributed by atoms with E-state index in [4.69, 9.17) is 0 Å². The molecule has 138 valence electrons. The van der Waals surface area contributed by atoms with Gasteiger partial charge in [0.15, 0.2) is 0 Å². The molecule has 0 aliphatic heterocycles. The summed E-state index contributed by atoms with van der Waals surface area (Å²) in [5.41, 5.74) is 2.67. The van der Waals surface area contributed by atoms with E-state index in [1.165, 1.54) is 0 Å². The number of amides is 1. The fourth-order valence-corrected chi connectivity index (χ4v) is 3.37. The first-order valence-electron chi connectivity index (χ1n) is 9.16. The van der Waals surface area contributed by atoms with Crippen molar-refractivity contribution in [3.8, 4) is 0 Å². The summed E-state index contributed by atoms with van der Waals surface area (Å²) < 4.78 is 1.56. The van der Waals surface area contributed by atoms with Crippen LogP contribution in [0, 0.1) is 6.92 Å². The van der Waals surface area contributed by atoms with Gasteiger partial charge in [-0.3, -0.25) is 9.59 Å². The second-order valence-corrected chi connectivity index (χ2v) is 6.82. The van der Waals surface area contributed by atoms with E-state index < -0.39 is 5.91 Å². The first-order chi connectivity index (χ1) is 13.6. The van der Waals surface area contributed by atoms with Crippen LogP contribution in [0.3, 0.4) is 0 Å². The van der Waals surface area contributed by atoms with E-state index in [9.17, 15) is 9.59 Å². The number of nitrogens with one attached hydrogen (secondary N) is 1. The summed E-state index contributed by atoms with van der Waals surface area (Å²) in [7, 11) is 0. The molecule has 0 unspecified atom stereocenters. The van der Waals surface area contributed by atoms with E-state index in [0.29, 0.717) is 12.2 Å². The number of carbonyl (C=O) groups is 1. The number of rotatable bonds is 4. The molecule has 3 aromatic carbocycles. The summed E-state index contributed by atoms with van der Waals surface area (Å²) >= 11 is 0. The number of anilines is 1. The maximum atomic E-state index is 12.9. The molecule has 0 atom stereocenters. The Morgan fingerprint density at radius 1 is 0.929 bits per heavy atom. The van der Waals surface area contributed by atoms with Gasteiger partial charge < -0.3 is 9.88 Å². The lowest BCUT2D eigenvalue weighted by Gasteiger charge is -2.11. The van der Waals surface area contributed by atoms with Gasteiger partial charge in [-0.2, -0.15) is 0 Å². The maximum absolute atomic E-state index is 12.9. The van der Waals surface area contributed by atoms with Crippen molar-refractivity contribution in [3.63, 3.8) is 0 Å². The number of pyridine rings is 1. The van der Waals surface area contributed by atoms with Crippen LogP contribution < -0.4 is 10.9 Å². The molecule has 0 saturated heterocycles. The highest BCUT2D eigenvalue weighted by atomic mass is 16.2. The molecule has 4 nitrogen and oxygen atoms in total. The van der Waals surface area contributed by atoms with Crippen LogP contribution >= 0.6 is 0 Å². The van der Waals surface area contributed by atoms with Crippen molar-refractivity contribution < 1.29 is 4.79 Å². The lowest BCUT2D eigenvalue weighted by atomic mass is 10.1. The molecular weight excluding hydrogens is 348 g/mol. The highest BCUT2D eigenvalue weighted by molar-refractivity contribution is 6.08. The average Bonchev–Trinajstić information content (AvgIpc) is 2.70. The molecule has 28 heavy (non-hydrogen) atoms. The predicted molar refractivity (Wildman–Crippen MR) is 113 cm³/mol. The maximum Gasteiger partial charge on any atom is 0.263 e. The summed E-state index contributed by atoms with van der Waals surface area (Å²) in [6.07, 6.45) is 1.71. The average molecular weight is 368 g/mol. The Morgan fingerprint density at radius 2 is 1.71 bits per heavy atom. The molecule has 0 bridgehead atoms. The fourth-order valence-electron chi connectivity index (χ4n) is 3.37. The van der Waals surface area contributed by atoms with E-state index in [1.807, 2.05) is 73.7 Å². The molecule has 1 N–H and O–H groups in total. The molecule has 0 aliphatic rings. The van der Waals surface area contributed by atoms with Crippen molar-refractivity contribution in [3.05, 3.63) is 112 Å². The number of hydrogen-bond acceptors (Lipinski definition) is 2. The first-order valence-corrected chi connectivity index (χ1v) is 9.16. The molecule has 0 radical (unpaired) electrons. The molecule has 1 aromatic heterocycles.